The summed E-state index contributed by atoms with van der Waals surface area (Å²) in [5.41, 5.74) is 2.74. The average Bonchev–Trinajstić information content (AvgIpc) is 3.35. The first kappa shape index (κ1) is 34.4. The molecule has 5 rings (SSSR count). The molecule has 10 heteroatoms. The van der Waals surface area contributed by atoms with Crippen LogP contribution in [-0.4, -0.2) is 47.7 Å². The second-order valence-corrected chi connectivity index (χ2v) is 14.1. The normalized spacial score (nSPS) is 20.9. The van der Waals surface area contributed by atoms with Gasteiger partial charge in [-0.25, -0.2) is 4.79 Å². The highest BCUT2D eigenvalue weighted by atomic mass is 35.5. The van der Waals surface area contributed by atoms with Crippen LogP contribution in [0.3, 0.4) is 0 Å². The first-order valence-electron chi connectivity index (χ1n) is 15.5. The van der Waals surface area contributed by atoms with Crippen LogP contribution in [0.4, 0.5) is 5.69 Å². The van der Waals surface area contributed by atoms with Crippen LogP contribution in [0.25, 0.3) is 0 Å². The fraction of sp³-hybridized carbons (Fsp3) is 0.324. The predicted molar refractivity (Wildman–Crippen MR) is 187 cm³/mol. The van der Waals surface area contributed by atoms with Crippen molar-refractivity contribution in [1.82, 2.24) is 15.6 Å². The zero-order valence-corrected chi connectivity index (χ0v) is 28.4. The summed E-state index contributed by atoms with van der Waals surface area (Å²) >= 11 is 13.0. The molecule has 0 unspecified atom stereocenters. The number of carboxylic acid groups (broad SMARTS) is 1. The molecule has 1 saturated heterocycles. The number of carbonyl (C=O) groups is 2. The number of methoxy groups -OCH3 is 1. The molecule has 1 aliphatic rings. The Morgan fingerprint density at radius 2 is 1.70 bits per heavy atom. The van der Waals surface area contributed by atoms with Crippen molar-refractivity contribution in [3.05, 3.63) is 124 Å². The number of hydrogen-bond donors (Lipinski definition) is 4. The molecule has 0 aliphatic carbocycles. The zero-order chi connectivity index (χ0) is 33.8. The Hall–Kier alpha value is -3.95. The van der Waals surface area contributed by atoms with E-state index in [-0.39, 0.29) is 34.6 Å². The average molecular weight is 676 g/mol. The summed E-state index contributed by atoms with van der Waals surface area (Å²) in [5, 5.41) is 21.3. The first-order valence-corrected chi connectivity index (χ1v) is 16.3. The lowest BCUT2D eigenvalue weighted by Gasteiger charge is -2.43. The van der Waals surface area contributed by atoms with Gasteiger partial charge in [0.15, 0.2) is 0 Å². The molecular formula is C37H40Cl2N4O4. The topological polar surface area (TPSA) is 113 Å². The maximum atomic E-state index is 14.5. The smallest absolute Gasteiger partial charge is 0.335 e. The Morgan fingerprint density at radius 1 is 0.979 bits per heavy atom. The minimum absolute atomic E-state index is 0.0583. The number of carbonyl (C=O) groups excluding carboxylic acids is 1. The third kappa shape index (κ3) is 7.79. The van der Waals surface area contributed by atoms with Gasteiger partial charge in [0, 0.05) is 52.9 Å². The van der Waals surface area contributed by atoms with Crippen LogP contribution in [0.5, 0.6) is 5.75 Å². The van der Waals surface area contributed by atoms with Crippen LogP contribution in [-0.2, 0) is 16.8 Å². The minimum Gasteiger partial charge on any atom is -0.495 e. The first-order chi connectivity index (χ1) is 22.4. The molecule has 3 aromatic carbocycles. The molecule has 1 fully saturated rings. The summed E-state index contributed by atoms with van der Waals surface area (Å²) in [6.45, 7) is 7.72. The number of aromatic carboxylic acids is 1. The third-order valence-electron chi connectivity index (χ3n) is 8.78. The van der Waals surface area contributed by atoms with Gasteiger partial charge >= 0.3 is 5.97 Å². The van der Waals surface area contributed by atoms with Crippen LogP contribution >= 0.6 is 23.2 Å². The van der Waals surface area contributed by atoms with Gasteiger partial charge in [-0.05, 0) is 83.1 Å². The minimum atomic E-state index is -1.09. The van der Waals surface area contributed by atoms with Crippen LogP contribution in [0.2, 0.25) is 10.0 Å². The van der Waals surface area contributed by atoms with Gasteiger partial charge in [0.1, 0.15) is 5.75 Å². The van der Waals surface area contributed by atoms with E-state index in [0.717, 1.165) is 23.1 Å². The third-order valence-corrected chi connectivity index (χ3v) is 9.27. The zero-order valence-electron chi connectivity index (χ0n) is 26.9. The molecule has 0 bridgehead atoms. The van der Waals surface area contributed by atoms with Crippen molar-refractivity contribution in [3.8, 4) is 5.75 Å². The van der Waals surface area contributed by atoms with E-state index in [0.29, 0.717) is 28.8 Å². The van der Waals surface area contributed by atoms with Crippen molar-refractivity contribution in [2.45, 2.75) is 57.2 Å². The van der Waals surface area contributed by atoms with Crippen molar-refractivity contribution in [2.24, 2.45) is 5.41 Å². The number of nitrogens with one attached hydrogen (secondary N) is 3. The number of ether oxygens (including phenoxy) is 1. The number of aromatic nitrogens is 1. The number of halogens is 2. The SMILES string of the molecule is COc1cc(C(=O)O)ccc1NC(=O)[C@@H]1N[C@@H](CC(C)(C)C)[C@](CNCc2ccncc2)(c2ccc(Cl)cc2)[C@H]1c1cccc(Cl)c1. The van der Waals surface area contributed by atoms with Crippen molar-refractivity contribution in [1.29, 1.82) is 0 Å². The number of anilines is 1. The molecule has 2 heterocycles. The summed E-state index contributed by atoms with van der Waals surface area (Å²) in [6.07, 6.45) is 4.31. The van der Waals surface area contributed by atoms with Gasteiger partial charge in [-0.3, -0.25) is 9.78 Å². The fourth-order valence-corrected chi connectivity index (χ4v) is 7.10. The van der Waals surface area contributed by atoms with Crippen LogP contribution in [0, 0.1) is 5.41 Å². The molecule has 8 nitrogen and oxygen atoms in total. The van der Waals surface area contributed by atoms with E-state index in [1.54, 1.807) is 18.5 Å². The van der Waals surface area contributed by atoms with Crippen LogP contribution < -0.4 is 20.7 Å². The number of nitrogens with zero attached hydrogens (tertiary/aromatic N) is 1. The maximum Gasteiger partial charge on any atom is 0.335 e. The molecule has 4 atom stereocenters. The summed E-state index contributed by atoms with van der Waals surface area (Å²) in [4.78, 5) is 30.3. The van der Waals surface area contributed by atoms with Crippen LogP contribution in [0.15, 0.2) is 91.3 Å². The lowest BCUT2D eigenvalue weighted by atomic mass is 9.62. The molecule has 1 amide bonds. The van der Waals surface area contributed by atoms with Gasteiger partial charge in [-0.1, -0.05) is 68.2 Å². The standard InChI is InChI=1S/C37H40Cl2N4O4/c1-36(2,3)20-31-37(26-9-11-27(38)12-10-26,22-41-21-23-14-16-40-17-15-23)32(24-6-5-7-28(39)18-24)33(43-31)34(44)42-29-13-8-25(35(45)46)19-30(29)47-4/h5-19,31-33,41,43H,20-22H2,1-4H3,(H,42,44)(H,45,46)/t31-,32-,33+,37-/m0/s1. The molecular weight excluding hydrogens is 635 g/mol. The molecule has 4 N–H and O–H groups in total. The van der Waals surface area contributed by atoms with E-state index < -0.39 is 17.4 Å². The monoisotopic (exact) mass is 674 g/mol. The van der Waals surface area contributed by atoms with Crippen molar-refractivity contribution < 1.29 is 19.4 Å². The number of benzene rings is 3. The van der Waals surface area contributed by atoms with Crippen molar-refractivity contribution in [3.63, 3.8) is 0 Å². The van der Waals surface area contributed by atoms with Crippen molar-refractivity contribution >= 4 is 40.8 Å². The number of hydrogen-bond acceptors (Lipinski definition) is 6. The van der Waals surface area contributed by atoms with Gasteiger partial charge in [-0.15, -0.1) is 0 Å². The largest absolute Gasteiger partial charge is 0.495 e. The lowest BCUT2D eigenvalue weighted by molar-refractivity contribution is -0.118. The molecule has 4 aromatic rings. The number of rotatable bonds is 11. The Bertz CT molecular complexity index is 1710. The van der Waals surface area contributed by atoms with Gasteiger partial charge in [0.2, 0.25) is 5.91 Å². The number of pyridine rings is 1. The summed E-state index contributed by atoms with van der Waals surface area (Å²) in [6, 6.07) is 23.1. The summed E-state index contributed by atoms with van der Waals surface area (Å²) in [7, 11) is 1.44. The Balaban J connectivity index is 1.66. The second kappa shape index (κ2) is 14.4. The van der Waals surface area contributed by atoms with E-state index in [9.17, 15) is 14.7 Å². The van der Waals surface area contributed by atoms with E-state index in [1.165, 1.54) is 19.2 Å². The van der Waals surface area contributed by atoms with Gasteiger partial charge in [0.25, 0.3) is 0 Å². The summed E-state index contributed by atoms with van der Waals surface area (Å²) < 4.78 is 5.49. The Labute approximate surface area is 285 Å². The van der Waals surface area contributed by atoms with Gasteiger partial charge < -0.3 is 25.8 Å². The van der Waals surface area contributed by atoms with E-state index >= 15 is 0 Å². The molecule has 0 spiro atoms. The van der Waals surface area contributed by atoms with E-state index in [4.69, 9.17) is 27.9 Å². The number of amides is 1. The van der Waals surface area contributed by atoms with Crippen molar-refractivity contribution in [2.75, 3.05) is 19.0 Å². The molecule has 1 aromatic heterocycles. The predicted octanol–water partition coefficient (Wildman–Crippen LogP) is 7.32. The second-order valence-electron chi connectivity index (χ2n) is 13.2. The maximum absolute atomic E-state index is 14.5. The van der Waals surface area contributed by atoms with E-state index in [2.05, 4.69) is 53.8 Å². The highest BCUT2D eigenvalue weighted by molar-refractivity contribution is 6.30. The van der Waals surface area contributed by atoms with Gasteiger partial charge in [0.05, 0.1) is 24.4 Å². The quantitative estimate of drug-likeness (QED) is 0.132. The molecule has 0 saturated carbocycles. The molecule has 0 radical (unpaired) electrons. The number of carboxylic acids is 1. The van der Waals surface area contributed by atoms with Gasteiger partial charge in [-0.2, -0.15) is 0 Å². The highest BCUT2D eigenvalue weighted by Gasteiger charge is 2.58. The van der Waals surface area contributed by atoms with Crippen LogP contribution in [0.1, 0.15) is 60.2 Å². The fourth-order valence-electron chi connectivity index (χ4n) is 6.77. The molecule has 47 heavy (non-hydrogen) atoms. The molecule has 1 aliphatic heterocycles. The highest BCUT2D eigenvalue weighted by Crippen LogP contribution is 2.52. The Morgan fingerprint density at radius 3 is 2.34 bits per heavy atom. The molecule has 246 valence electrons. The summed E-state index contributed by atoms with van der Waals surface area (Å²) in [5.74, 6) is -1.49. The van der Waals surface area contributed by atoms with E-state index in [1.807, 2.05) is 48.5 Å². The Kier molecular flexibility index (Phi) is 10.6. The lowest BCUT2D eigenvalue weighted by Crippen LogP contribution is -2.51.